The summed E-state index contributed by atoms with van der Waals surface area (Å²) >= 11 is 1.59. The Hall–Kier alpha value is -2.35. The van der Waals surface area contributed by atoms with Crippen LogP contribution in [0.25, 0.3) is 6.08 Å². The van der Waals surface area contributed by atoms with E-state index >= 15 is 0 Å². The zero-order valence-corrected chi connectivity index (χ0v) is 13.7. The molecule has 8 heteroatoms. The van der Waals surface area contributed by atoms with Crippen LogP contribution >= 0.6 is 11.3 Å². The van der Waals surface area contributed by atoms with Gasteiger partial charge in [0, 0.05) is 35.1 Å². The normalized spacial score (nSPS) is 11.7. The average molecular weight is 355 g/mol. The molecule has 2 aromatic rings. The Morgan fingerprint density at radius 3 is 2.62 bits per heavy atom. The minimum absolute atomic E-state index is 0.233. The van der Waals surface area contributed by atoms with E-state index in [9.17, 15) is 18.0 Å². The maximum absolute atomic E-state index is 12.4. The molecule has 0 aromatic carbocycles. The first-order valence-corrected chi connectivity index (χ1v) is 7.96. The zero-order valence-electron chi connectivity index (χ0n) is 12.9. The van der Waals surface area contributed by atoms with E-state index in [1.165, 1.54) is 17.0 Å². The van der Waals surface area contributed by atoms with Gasteiger partial charge in [-0.25, -0.2) is 4.98 Å². The Morgan fingerprint density at radius 2 is 2.04 bits per heavy atom. The highest BCUT2D eigenvalue weighted by molar-refractivity contribution is 7.12. The van der Waals surface area contributed by atoms with E-state index in [0.717, 1.165) is 17.1 Å². The third kappa shape index (κ3) is 5.69. The van der Waals surface area contributed by atoms with E-state index in [4.69, 9.17) is 0 Å². The number of hydrogen-bond donors (Lipinski definition) is 2. The van der Waals surface area contributed by atoms with Crippen LogP contribution in [0.5, 0.6) is 0 Å². The summed E-state index contributed by atoms with van der Waals surface area (Å²) in [6.07, 6.45) is -0.445. The summed E-state index contributed by atoms with van der Waals surface area (Å²) in [4.78, 5) is 17.5. The molecule has 2 N–H and O–H groups in total. The smallest absolute Gasteiger partial charge is 0.368 e. The molecule has 2 rings (SSSR count). The Labute approximate surface area is 141 Å². The van der Waals surface area contributed by atoms with Gasteiger partial charge in [0.2, 0.25) is 5.91 Å². The summed E-state index contributed by atoms with van der Waals surface area (Å²) in [5.74, 6) is 0.0880. The fraction of sp³-hybridized carbons (Fsp3) is 0.250. The predicted octanol–water partition coefficient (Wildman–Crippen LogP) is 3.71. The SMILES string of the molecule is Cc1ccc(/C=C/C(=O)NCCNc2ccc(C(F)(F)F)cn2)s1. The molecule has 0 aliphatic rings. The van der Waals surface area contributed by atoms with Crippen molar-refractivity contribution in [3.63, 3.8) is 0 Å². The number of rotatable bonds is 6. The quantitative estimate of drug-likeness (QED) is 0.613. The van der Waals surface area contributed by atoms with Crippen LogP contribution in [0.3, 0.4) is 0 Å². The number of halogens is 3. The number of anilines is 1. The molecule has 0 aliphatic carbocycles. The monoisotopic (exact) mass is 355 g/mol. The first kappa shape index (κ1) is 18.0. The van der Waals surface area contributed by atoms with E-state index in [1.54, 1.807) is 17.4 Å². The number of aromatic nitrogens is 1. The highest BCUT2D eigenvalue weighted by atomic mass is 32.1. The van der Waals surface area contributed by atoms with E-state index in [0.29, 0.717) is 18.9 Å². The number of hydrogen-bond acceptors (Lipinski definition) is 4. The van der Waals surface area contributed by atoms with Crippen molar-refractivity contribution in [1.82, 2.24) is 10.3 Å². The largest absolute Gasteiger partial charge is 0.417 e. The summed E-state index contributed by atoms with van der Waals surface area (Å²) in [5, 5.41) is 5.51. The Morgan fingerprint density at radius 1 is 1.25 bits per heavy atom. The van der Waals surface area contributed by atoms with Crippen molar-refractivity contribution in [3.05, 3.63) is 51.9 Å². The molecule has 0 saturated carbocycles. The van der Waals surface area contributed by atoms with Crippen molar-refractivity contribution in [1.29, 1.82) is 0 Å². The average Bonchev–Trinajstić information content (AvgIpc) is 2.95. The highest BCUT2D eigenvalue weighted by Crippen LogP contribution is 2.28. The number of carbonyl (C=O) groups excluding carboxylic acids is 1. The van der Waals surface area contributed by atoms with Crippen molar-refractivity contribution in [2.75, 3.05) is 18.4 Å². The zero-order chi connectivity index (χ0) is 17.6. The van der Waals surface area contributed by atoms with Gasteiger partial charge in [-0.3, -0.25) is 4.79 Å². The number of thiophene rings is 1. The molecule has 2 aromatic heterocycles. The van der Waals surface area contributed by atoms with Crippen LogP contribution in [-0.2, 0) is 11.0 Å². The number of nitrogens with one attached hydrogen (secondary N) is 2. The van der Waals surface area contributed by atoms with Crippen LogP contribution in [0.4, 0.5) is 19.0 Å². The fourth-order valence-electron chi connectivity index (χ4n) is 1.80. The van der Waals surface area contributed by atoms with Crippen LogP contribution in [0, 0.1) is 6.92 Å². The summed E-state index contributed by atoms with van der Waals surface area (Å²) < 4.78 is 37.2. The van der Waals surface area contributed by atoms with E-state index in [1.807, 2.05) is 19.1 Å². The Kier molecular flexibility index (Phi) is 5.97. The predicted molar refractivity (Wildman–Crippen MR) is 88.8 cm³/mol. The second-order valence-corrected chi connectivity index (χ2v) is 6.25. The second-order valence-electron chi connectivity index (χ2n) is 4.93. The first-order chi connectivity index (χ1) is 11.3. The lowest BCUT2D eigenvalue weighted by Crippen LogP contribution is -2.27. The molecule has 128 valence electrons. The van der Waals surface area contributed by atoms with Gasteiger partial charge >= 0.3 is 6.18 Å². The summed E-state index contributed by atoms with van der Waals surface area (Å²) in [6, 6.07) is 6.12. The molecule has 0 bridgehead atoms. The first-order valence-electron chi connectivity index (χ1n) is 7.14. The van der Waals surface area contributed by atoms with Crippen molar-refractivity contribution in [2.45, 2.75) is 13.1 Å². The highest BCUT2D eigenvalue weighted by Gasteiger charge is 2.30. The van der Waals surface area contributed by atoms with Crippen molar-refractivity contribution in [3.8, 4) is 0 Å². The summed E-state index contributed by atoms with van der Waals surface area (Å²) in [7, 11) is 0. The van der Waals surface area contributed by atoms with Gasteiger partial charge in [0.05, 0.1) is 5.56 Å². The number of amides is 1. The minimum Gasteiger partial charge on any atom is -0.368 e. The van der Waals surface area contributed by atoms with Gasteiger partial charge in [-0.05, 0) is 37.3 Å². The van der Waals surface area contributed by atoms with Gasteiger partial charge in [0.25, 0.3) is 0 Å². The van der Waals surface area contributed by atoms with Gasteiger partial charge in [-0.15, -0.1) is 11.3 Å². The van der Waals surface area contributed by atoms with Crippen LogP contribution in [-0.4, -0.2) is 24.0 Å². The lowest BCUT2D eigenvalue weighted by atomic mass is 10.3. The fourth-order valence-corrected chi connectivity index (χ4v) is 2.58. The summed E-state index contributed by atoms with van der Waals surface area (Å²) in [6.45, 7) is 2.68. The van der Waals surface area contributed by atoms with E-state index in [2.05, 4.69) is 15.6 Å². The molecular weight excluding hydrogens is 339 g/mol. The minimum atomic E-state index is -4.40. The molecule has 1 amide bonds. The van der Waals surface area contributed by atoms with Crippen molar-refractivity contribution >= 4 is 29.1 Å². The van der Waals surface area contributed by atoms with E-state index in [-0.39, 0.29) is 5.91 Å². The molecule has 0 unspecified atom stereocenters. The lowest BCUT2D eigenvalue weighted by Gasteiger charge is -2.08. The second kappa shape index (κ2) is 7.96. The van der Waals surface area contributed by atoms with Crippen LogP contribution < -0.4 is 10.6 Å². The molecule has 0 spiro atoms. The molecule has 0 saturated heterocycles. The Balaban J connectivity index is 1.70. The van der Waals surface area contributed by atoms with Crippen LogP contribution in [0.15, 0.2) is 36.5 Å². The third-order valence-corrected chi connectivity index (χ3v) is 3.95. The topological polar surface area (TPSA) is 54.0 Å². The maximum Gasteiger partial charge on any atom is 0.417 e. The molecule has 0 fully saturated rings. The van der Waals surface area contributed by atoms with Gasteiger partial charge in [-0.2, -0.15) is 13.2 Å². The molecule has 0 aliphatic heterocycles. The molecule has 24 heavy (non-hydrogen) atoms. The number of pyridine rings is 1. The maximum atomic E-state index is 12.4. The van der Waals surface area contributed by atoms with Crippen molar-refractivity contribution < 1.29 is 18.0 Å². The molecule has 0 atom stereocenters. The number of alkyl halides is 3. The number of carbonyl (C=O) groups is 1. The van der Waals surface area contributed by atoms with Crippen LogP contribution in [0.2, 0.25) is 0 Å². The standard InChI is InChI=1S/C16H16F3N3OS/c1-11-2-4-13(24-11)5-7-15(23)21-9-8-20-14-6-3-12(10-22-14)16(17,18)19/h2-7,10H,8-9H2,1H3,(H,20,22)(H,21,23)/b7-5+. The molecule has 0 radical (unpaired) electrons. The van der Waals surface area contributed by atoms with Gasteiger partial charge < -0.3 is 10.6 Å². The summed E-state index contributed by atoms with van der Waals surface area (Å²) in [5.41, 5.74) is -0.796. The molecular formula is C16H16F3N3OS. The lowest BCUT2D eigenvalue weighted by molar-refractivity contribution is -0.137. The van der Waals surface area contributed by atoms with Crippen molar-refractivity contribution in [2.24, 2.45) is 0 Å². The number of aryl methyl sites for hydroxylation is 1. The van der Waals surface area contributed by atoms with Gasteiger partial charge in [0.15, 0.2) is 0 Å². The van der Waals surface area contributed by atoms with Crippen LogP contribution in [0.1, 0.15) is 15.3 Å². The van der Waals surface area contributed by atoms with E-state index < -0.39 is 11.7 Å². The molecule has 4 nitrogen and oxygen atoms in total. The Bertz CT molecular complexity index is 708. The number of nitrogens with zero attached hydrogens (tertiary/aromatic N) is 1. The van der Waals surface area contributed by atoms with Gasteiger partial charge in [0.1, 0.15) is 5.82 Å². The van der Waals surface area contributed by atoms with Gasteiger partial charge in [-0.1, -0.05) is 0 Å². The molecule has 2 heterocycles. The third-order valence-electron chi connectivity index (χ3n) is 2.98.